The second-order valence-corrected chi connectivity index (χ2v) is 4.51. The zero-order valence-electron chi connectivity index (χ0n) is 9.22. The number of hydrogen-bond acceptors (Lipinski definition) is 2. The molecule has 1 aromatic rings. The molecular weight excluding hydrogens is 224 g/mol. The molecule has 86 valence electrons. The Balaban J connectivity index is 2.13. The van der Waals surface area contributed by atoms with Gasteiger partial charge in [-0.25, -0.2) is 0 Å². The Morgan fingerprint density at radius 3 is 3.00 bits per heavy atom. The van der Waals surface area contributed by atoms with Crippen molar-refractivity contribution in [2.45, 2.75) is 19.4 Å². The third-order valence-corrected chi connectivity index (χ3v) is 3.10. The molecule has 1 atom stereocenters. The van der Waals surface area contributed by atoms with Gasteiger partial charge in [-0.1, -0.05) is 17.7 Å². The zero-order chi connectivity index (χ0) is 11.5. The Bertz CT molecular complexity index is 406. The Labute approximate surface area is 100 Å². The summed E-state index contributed by atoms with van der Waals surface area (Å²) < 4.78 is 0. The number of amides is 1. The minimum absolute atomic E-state index is 0.0747. The third kappa shape index (κ3) is 2.54. The lowest BCUT2D eigenvalue weighted by Crippen LogP contribution is -2.53. The van der Waals surface area contributed by atoms with Gasteiger partial charge >= 0.3 is 0 Å². The van der Waals surface area contributed by atoms with Gasteiger partial charge in [-0.05, 0) is 36.6 Å². The molecule has 1 fully saturated rings. The van der Waals surface area contributed by atoms with E-state index in [9.17, 15) is 4.79 Å². The Morgan fingerprint density at radius 2 is 2.25 bits per heavy atom. The summed E-state index contributed by atoms with van der Waals surface area (Å²) in [7, 11) is 0. The van der Waals surface area contributed by atoms with Crippen LogP contribution in [0.3, 0.4) is 0 Å². The van der Waals surface area contributed by atoms with Crippen molar-refractivity contribution in [3.8, 4) is 0 Å². The highest BCUT2D eigenvalue weighted by molar-refractivity contribution is 6.30. The number of carbonyl (C=O) groups excluding carboxylic acids is 1. The molecule has 3 nitrogen and oxygen atoms in total. The first-order valence-corrected chi connectivity index (χ1v) is 5.81. The molecule has 1 heterocycles. The van der Waals surface area contributed by atoms with Crippen LogP contribution >= 0.6 is 11.6 Å². The van der Waals surface area contributed by atoms with Crippen LogP contribution in [0, 0.1) is 6.92 Å². The largest absolute Gasteiger partial charge is 0.353 e. The molecule has 0 spiro atoms. The first-order valence-electron chi connectivity index (χ1n) is 5.43. The standard InChI is InChI=1S/C12H15ClN2O/c1-8-2-3-10(13)6-9(8)7-11-12(16)15-5-4-14-11/h2-3,6,11,14H,4-5,7H2,1H3,(H,15,16). The number of hydrogen-bond donors (Lipinski definition) is 2. The van der Waals surface area contributed by atoms with Crippen molar-refractivity contribution < 1.29 is 4.79 Å². The van der Waals surface area contributed by atoms with Crippen molar-refractivity contribution in [3.63, 3.8) is 0 Å². The average molecular weight is 239 g/mol. The second-order valence-electron chi connectivity index (χ2n) is 4.07. The van der Waals surface area contributed by atoms with E-state index < -0.39 is 0 Å². The molecule has 0 radical (unpaired) electrons. The van der Waals surface area contributed by atoms with E-state index in [0.29, 0.717) is 13.0 Å². The molecule has 1 aliphatic heterocycles. The number of rotatable bonds is 2. The summed E-state index contributed by atoms with van der Waals surface area (Å²) in [6, 6.07) is 5.65. The van der Waals surface area contributed by atoms with Crippen molar-refractivity contribution in [1.29, 1.82) is 0 Å². The van der Waals surface area contributed by atoms with Crippen molar-refractivity contribution >= 4 is 17.5 Å². The molecular formula is C12H15ClN2O. The van der Waals surface area contributed by atoms with Crippen LogP contribution in [0.25, 0.3) is 0 Å². The van der Waals surface area contributed by atoms with Crippen LogP contribution in [0.15, 0.2) is 18.2 Å². The lowest BCUT2D eigenvalue weighted by Gasteiger charge is -2.24. The summed E-state index contributed by atoms with van der Waals surface area (Å²) in [6.07, 6.45) is 0.693. The summed E-state index contributed by atoms with van der Waals surface area (Å²) in [5.74, 6) is 0.0747. The number of nitrogens with one attached hydrogen (secondary N) is 2. The van der Waals surface area contributed by atoms with E-state index in [0.717, 1.165) is 17.1 Å². The van der Waals surface area contributed by atoms with Crippen molar-refractivity contribution in [2.75, 3.05) is 13.1 Å². The van der Waals surface area contributed by atoms with Crippen LogP contribution in [0.2, 0.25) is 5.02 Å². The van der Waals surface area contributed by atoms with E-state index in [-0.39, 0.29) is 11.9 Å². The van der Waals surface area contributed by atoms with Gasteiger partial charge in [0.05, 0.1) is 6.04 Å². The molecule has 1 saturated heterocycles. The average Bonchev–Trinajstić information content (AvgIpc) is 2.27. The summed E-state index contributed by atoms with van der Waals surface area (Å²) in [5, 5.41) is 6.78. The van der Waals surface area contributed by atoms with Crippen molar-refractivity contribution in [1.82, 2.24) is 10.6 Å². The van der Waals surface area contributed by atoms with Crippen LogP contribution < -0.4 is 10.6 Å². The normalized spacial score (nSPS) is 20.6. The smallest absolute Gasteiger partial charge is 0.237 e. The van der Waals surface area contributed by atoms with Gasteiger partial charge in [0.1, 0.15) is 0 Å². The first kappa shape index (κ1) is 11.4. The highest BCUT2D eigenvalue weighted by Crippen LogP contribution is 2.17. The number of piperazine rings is 1. The summed E-state index contributed by atoms with van der Waals surface area (Å²) in [4.78, 5) is 11.6. The quantitative estimate of drug-likeness (QED) is 0.815. The highest BCUT2D eigenvalue weighted by Gasteiger charge is 2.21. The van der Waals surface area contributed by atoms with Crippen LogP contribution in [-0.2, 0) is 11.2 Å². The van der Waals surface area contributed by atoms with Gasteiger partial charge in [0.15, 0.2) is 0 Å². The molecule has 4 heteroatoms. The van der Waals surface area contributed by atoms with E-state index in [1.165, 1.54) is 5.56 Å². The summed E-state index contributed by atoms with van der Waals surface area (Å²) in [6.45, 7) is 3.58. The molecule has 1 aromatic carbocycles. The van der Waals surface area contributed by atoms with Gasteiger partial charge in [-0.2, -0.15) is 0 Å². The van der Waals surface area contributed by atoms with Gasteiger partial charge < -0.3 is 10.6 Å². The number of aryl methyl sites for hydroxylation is 1. The van der Waals surface area contributed by atoms with E-state index in [4.69, 9.17) is 11.6 Å². The van der Waals surface area contributed by atoms with Gasteiger partial charge in [0.25, 0.3) is 0 Å². The lowest BCUT2D eigenvalue weighted by atomic mass is 10.00. The maximum absolute atomic E-state index is 11.6. The summed E-state index contributed by atoms with van der Waals surface area (Å²) >= 11 is 5.95. The first-order chi connectivity index (χ1) is 7.66. The predicted molar refractivity (Wildman–Crippen MR) is 64.7 cm³/mol. The maximum atomic E-state index is 11.6. The van der Waals surface area contributed by atoms with E-state index >= 15 is 0 Å². The van der Waals surface area contributed by atoms with Crippen molar-refractivity contribution in [3.05, 3.63) is 34.3 Å². The molecule has 0 bridgehead atoms. The summed E-state index contributed by atoms with van der Waals surface area (Å²) in [5.41, 5.74) is 2.30. The third-order valence-electron chi connectivity index (χ3n) is 2.87. The topological polar surface area (TPSA) is 41.1 Å². The minimum atomic E-state index is -0.133. The SMILES string of the molecule is Cc1ccc(Cl)cc1CC1NCCNC1=O. The lowest BCUT2D eigenvalue weighted by molar-refractivity contribution is -0.124. The van der Waals surface area contributed by atoms with Crippen LogP contribution in [-0.4, -0.2) is 25.0 Å². The van der Waals surface area contributed by atoms with Gasteiger partial charge in [-0.15, -0.1) is 0 Å². The monoisotopic (exact) mass is 238 g/mol. The number of halogens is 1. The number of carbonyl (C=O) groups is 1. The zero-order valence-corrected chi connectivity index (χ0v) is 9.97. The van der Waals surface area contributed by atoms with Gasteiger partial charge in [-0.3, -0.25) is 4.79 Å². The van der Waals surface area contributed by atoms with Gasteiger partial charge in [0, 0.05) is 18.1 Å². The molecule has 1 unspecified atom stereocenters. The fourth-order valence-electron chi connectivity index (χ4n) is 1.89. The van der Waals surface area contributed by atoms with Crippen LogP contribution in [0.1, 0.15) is 11.1 Å². The molecule has 0 aromatic heterocycles. The fraction of sp³-hybridized carbons (Fsp3) is 0.417. The van der Waals surface area contributed by atoms with Crippen LogP contribution in [0.5, 0.6) is 0 Å². The molecule has 0 aliphatic carbocycles. The fourth-order valence-corrected chi connectivity index (χ4v) is 2.09. The molecule has 1 amide bonds. The van der Waals surface area contributed by atoms with Crippen LogP contribution in [0.4, 0.5) is 0 Å². The molecule has 2 rings (SSSR count). The highest BCUT2D eigenvalue weighted by atomic mass is 35.5. The minimum Gasteiger partial charge on any atom is -0.353 e. The number of benzene rings is 1. The molecule has 2 N–H and O–H groups in total. The van der Waals surface area contributed by atoms with Gasteiger partial charge in [0.2, 0.25) is 5.91 Å². The Hall–Kier alpha value is -1.06. The van der Waals surface area contributed by atoms with E-state index in [2.05, 4.69) is 10.6 Å². The van der Waals surface area contributed by atoms with E-state index in [1.54, 1.807) is 0 Å². The molecule has 1 aliphatic rings. The van der Waals surface area contributed by atoms with Crippen molar-refractivity contribution in [2.24, 2.45) is 0 Å². The molecule has 0 saturated carbocycles. The Kier molecular flexibility index (Phi) is 3.46. The Morgan fingerprint density at radius 1 is 1.44 bits per heavy atom. The molecule has 16 heavy (non-hydrogen) atoms. The predicted octanol–water partition coefficient (Wildman–Crippen LogP) is 1.28. The van der Waals surface area contributed by atoms with E-state index in [1.807, 2.05) is 25.1 Å². The maximum Gasteiger partial charge on any atom is 0.237 e. The second kappa shape index (κ2) is 4.85.